The number of aliphatic hydroxyl groups is 3. The Morgan fingerprint density at radius 3 is 1.97 bits per heavy atom. The molecule has 1 aliphatic carbocycles. The molecule has 130 heavy (non-hydrogen) atoms. The summed E-state index contributed by atoms with van der Waals surface area (Å²) in [6.45, 7) is 19.5. The van der Waals surface area contributed by atoms with Gasteiger partial charge in [-0.2, -0.15) is 0 Å². The number of nitrogens with zero attached hydrogens (tertiary/aromatic N) is 3. The van der Waals surface area contributed by atoms with Crippen LogP contribution in [0, 0.1) is 48.2 Å². The molecule has 4 amide bonds. The van der Waals surface area contributed by atoms with Crippen molar-refractivity contribution in [3.63, 3.8) is 0 Å². The van der Waals surface area contributed by atoms with E-state index in [0.29, 0.717) is 148 Å². The highest BCUT2D eigenvalue weighted by Gasteiger charge is 2.53. The van der Waals surface area contributed by atoms with Crippen molar-refractivity contribution in [2.45, 2.75) is 211 Å². The lowest BCUT2D eigenvalue weighted by Gasteiger charge is -2.43. The number of Topliss-reactive ketones (excluding diaryl/α,β-unsaturated/α-hetero) is 2. The van der Waals surface area contributed by atoms with E-state index in [1.165, 1.54) is 29.9 Å². The Balaban J connectivity index is 0.645. The molecule has 2 saturated heterocycles. The Bertz CT molecular complexity index is 4310. The first kappa shape index (κ1) is 107. The smallest absolute Gasteiger partial charge is 0.407 e. The highest BCUT2D eigenvalue weighted by Crippen LogP contribution is 2.40. The molecule has 2 aromatic carbocycles. The van der Waals surface area contributed by atoms with Gasteiger partial charge in [-0.3, -0.25) is 24.0 Å². The summed E-state index contributed by atoms with van der Waals surface area (Å²) in [5.74, 6) is -9.53. The minimum absolute atomic E-state index is 0.00578. The summed E-state index contributed by atoms with van der Waals surface area (Å²) < 4.78 is 129. The number of carbonyl (C=O) groups is 7. The van der Waals surface area contributed by atoms with Crippen LogP contribution in [0.15, 0.2) is 101 Å². The minimum atomic E-state index is -4.19. The van der Waals surface area contributed by atoms with Gasteiger partial charge >= 0.3 is 12.1 Å². The average molecular weight is 1850 g/mol. The van der Waals surface area contributed by atoms with E-state index in [4.69, 9.17) is 76.8 Å². The number of aromatic nitrogens is 1. The molecule has 5 heterocycles. The lowest BCUT2D eigenvalue weighted by Crippen LogP contribution is -2.61. The number of aliphatic hydroxyl groups excluding tert-OH is 2. The molecule has 35 heteroatoms. The van der Waals surface area contributed by atoms with Crippen molar-refractivity contribution in [3.8, 4) is 16.9 Å². The first-order valence-corrected chi connectivity index (χ1v) is 47.3. The number of carbonyl (C=O) groups excluding carboxylic acids is 7. The summed E-state index contributed by atoms with van der Waals surface area (Å²) >= 11 is 0. The number of sulfone groups is 1. The third-order valence-electron chi connectivity index (χ3n) is 24.5. The second-order valence-corrected chi connectivity index (χ2v) is 36.4. The molecule has 1 aromatic heterocycles. The zero-order chi connectivity index (χ0) is 94.3. The van der Waals surface area contributed by atoms with Gasteiger partial charge in [0, 0.05) is 107 Å². The van der Waals surface area contributed by atoms with Gasteiger partial charge in [0.2, 0.25) is 11.7 Å². The quantitative estimate of drug-likeness (QED) is 0.0134. The van der Waals surface area contributed by atoms with Gasteiger partial charge in [-0.1, -0.05) is 77.1 Å². The largest absolute Gasteiger partial charge is 0.491 e. The second kappa shape index (κ2) is 55.6. The molecule has 33 nitrogen and oxygen atoms in total. The van der Waals surface area contributed by atoms with Crippen LogP contribution in [0.4, 0.5) is 15.0 Å². The summed E-state index contributed by atoms with van der Waals surface area (Å²) in [4.78, 5) is 103. The Kier molecular flexibility index (Phi) is 45.8. The number of anilines is 1. The number of pyridine rings is 1. The number of cyclic esters (lactones) is 1. The second-order valence-electron chi connectivity index (χ2n) is 34.3. The van der Waals surface area contributed by atoms with Crippen LogP contribution in [0.25, 0.3) is 11.1 Å². The standard InChI is InChI=1S/C95H141FN6O27S/c1-62-17-13-12-14-18-63(2)80(115-9)58-74-24-20-68(7)95(112,129-74)90(107)92(109)102-33-16-15-19-76(102)93(110)127-81(59-77(103)64(3)54-67(6)88(106)89(117-11)87(105)66(5)53-62)65(4)55-70-21-26-79(82(56-70)116-10)128-94(111)99-31-36-119-39-41-121-43-45-123-47-49-125-51-50-124-48-46-122-44-42-120-40-38-118-35-30-85(104)98-32-52-130(113,114)83-28-25-75(69(8)86(83)96)91(108)101-34-37-126-78-27-22-71(57-73(78)61-101)72-23-29-84(97)100-60-72/h12-14,17-18,22-23,25,27-29,54,57,60,62,64-66,68,70,74,76-77,79-82,88-89,103,106,112H,15-16,19-21,24,26,30-53,55-56,58-59,61H2,1-11H3,(H2,97,100)(H,98,104)(H,99,111)/b14-12?,17-13+,63-18?,67-54+/t62-,64-,65-,66-,68-,70+,74+,76+,77-,79-,80+,81+,82-,88-,89+,95-/m1/s1. The van der Waals surface area contributed by atoms with E-state index in [-0.39, 0.29) is 127 Å². The molecule has 8 rings (SSSR count). The zero-order valence-corrected chi connectivity index (χ0v) is 78.4. The number of nitrogen functional groups attached to an aromatic ring is 1. The number of allylic oxidation sites excluding steroid dienone is 5. The number of fused-ring (bicyclic) bond motifs is 4. The van der Waals surface area contributed by atoms with Crippen molar-refractivity contribution < 1.29 is 133 Å². The molecular weight excluding hydrogens is 1710 g/mol. The van der Waals surface area contributed by atoms with E-state index >= 15 is 4.39 Å². The Morgan fingerprint density at radius 1 is 0.692 bits per heavy atom. The lowest BCUT2D eigenvalue weighted by molar-refractivity contribution is -0.265. The number of alkyl carbamates (subject to hydrolysis) is 1. The molecule has 7 N–H and O–H groups in total. The number of ether oxygens (including phenoxy) is 15. The summed E-state index contributed by atoms with van der Waals surface area (Å²) in [5, 5.41) is 41.2. The number of nitrogens with one attached hydrogen (secondary N) is 2. The fourth-order valence-electron chi connectivity index (χ4n) is 16.7. The molecule has 4 aliphatic heterocycles. The predicted molar refractivity (Wildman–Crippen MR) is 480 cm³/mol. The molecule has 726 valence electrons. The van der Waals surface area contributed by atoms with Crippen LogP contribution in [-0.2, 0) is 107 Å². The van der Waals surface area contributed by atoms with Crippen LogP contribution in [0.2, 0.25) is 0 Å². The molecule has 16 atom stereocenters. The Morgan fingerprint density at radius 2 is 1.34 bits per heavy atom. The normalized spacial score (nSPS) is 26.5. The number of ketones is 2. The molecule has 0 radical (unpaired) electrons. The third kappa shape index (κ3) is 33.5. The Hall–Kier alpha value is -8.08. The highest BCUT2D eigenvalue weighted by atomic mass is 32.2. The van der Waals surface area contributed by atoms with Gasteiger partial charge in [-0.15, -0.1) is 0 Å². The average Bonchev–Trinajstić information content (AvgIpc) is 1.28. The number of esters is 1. The van der Waals surface area contributed by atoms with Gasteiger partial charge in [0.25, 0.3) is 17.6 Å². The van der Waals surface area contributed by atoms with Crippen molar-refractivity contribution in [3.05, 3.63) is 119 Å². The van der Waals surface area contributed by atoms with Crippen molar-refractivity contribution >= 4 is 57.0 Å². The molecule has 0 spiro atoms. The van der Waals surface area contributed by atoms with E-state index in [9.17, 15) is 57.3 Å². The first-order valence-electron chi connectivity index (χ1n) is 45.6. The number of piperidine rings is 1. The summed E-state index contributed by atoms with van der Waals surface area (Å²) in [6.07, 6.45) is 10.3. The van der Waals surface area contributed by atoms with Gasteiger partial charge in [-0.25, -0.2) is 27.4 Å². The number of benzene rings is 2. The molecule has 0 unspecified atom stereocenters. The SMILES string of the molecule is CO[C@H]1C[C@@H]2CC[C@@H](C)[C@@](O)(O2)C(=O)C(=O)N2CCCC[C@H]2C(=O)O[C@H]([C@H](C)C[C@@H]2CC[C@@H](OC(=O)NCCOCCOCCOCCOCCOCCOCCOCCOCCC(=O)NCCS(=O)(=O)c3ccc(C(=O)N4CCOc5ccc(-c6ccc(N)nc6)cc5C4)c(C)c3F)[C@H](OC)C2)C[C@@H](O)[C@H](C)/C=C(\C)[C@@H](O)[C@@H](OC)C(=O)[C@H](C)C[C@H](C)/C=C/C=CC=C1C. The van der Waals surface area contributed by atoms with Crippen molar-refractivity contribution in [1.29, 1.82) is 0 Å². The minimum Gasteiger partial charge on any atom is -0.491 e. The monoisotopic (exact) mass is 1850 g/mol. The van der Waals surface area contributed by atoms with Crippen LogP contribution < -0.4 is 21.1 Å². The molecular formula is C95H141FN6O27S. The van der Waals surface area contributed by atoms with Crippen molar-refractivity contribution in [1.82, 2.24) is 25.4 Å². The molecule has 2 bridgehead atoms. The van der Waals surface area contributed by atoms with Crippen molar-refractivity contribution in [2.75, 3.05) is 171 Å². The number of rotatable bonds is 40. The summed E-state index contributed by atoms with van der Waals surface area (Å²) in [7, 11) is 0.309. The molecule has 5 aliphatic rings. The maximum absolute atomic E-state index is 15.8. The van der Waals surface area contributed by atoms with Crippen LogP contribution in [0.5, 0.6) is 5.75 Å². The number of methoxy groups -OCH3 is 3. The number of hydrogen-bond donors (Lipinski definition) is 6. The van der Waals surface area contributed by atoms with Gasteiger partial charge < -0.3 is 113 Å². The highest BCUT2D eigenvalue weighted by molar-refractivity contribution is 7.91. The van der Waals surface area contributed by atoms with Crippen LogP contribution in [0.3, 0.4) is 0 Å². The first-order chi connectivity index (χ1) is 62.4. The molecule has 3 fully saturated rings. The number of nitrogens with two attached hydrogens (primary N) is 1. The maximum Gasteiger partial charge on any atom is 0.407 e. The molecule has 3 aromatic rings. The lowest BCUT2D eigenvalue weighted by atomic mass is 9.78. The fourth-order valence-corrected chi connectivity index (χ4v) is 18.0. The number of halogens is 1. The fraction of sp³-hybridized carbons (Fsp3) is 0.663. The van der Waals surface area contributed by atoms with Gasteiger partial charge in [0.15, 0.2) is 15.6 Å². The maximum atomic E-state index is 15.8. The van der Waals surface area contributed by atoms with E-state index in [1.807, 2.05) is 82.3 Å². The topological polar surface area (TPSA) is 422 Å². The zero-order valence-electron chi connectivity index (χ0n) is 77.5. The van der Waals surface area contributed by atoms with Crippen LogP contribution in [-0.4, -0.2) is 306 Å². The third-order valence-corrected chi connectivity index (χ3v) is 26.3. The Labute approximate surface area is 764 Å². The van der Waals surface area contributed by atoms with E-state index in [2.05, 4.69) is 15.6 Å². The molecule has 1 saturated carbocycles. The van der Waals surface area contributed by atoms with E-state index in [1.54, 1.807) is 53.3 Å². The predicted octanol–water partition coefficient (Wildman–Crippen LogP) is 8.95. The summed E-state index contributed by atoms with van der Waals surface area (Å²) in [5.41, 5.74) is 9.33. The number of hydrogen-bond acceptors (Lipinski definition) is 29. The van der Waals surface area contributed by atoms with Gasteiger partial charge in [0.05, 0.1) is 142 Å². The van der Waals surface area contributed by atoms with Crippen LogP contribution in [0.1, 0.15) is 153 Å². The van der Waals surface area contributed by atoms with Gasteiger partial charge in [-0.05, 0) is 161 Å². The van der Waals surface area contributed by atoms with E-state index in [0.717, 1.165) is 28.3 Å². The summed E-state index contributed by atoms with van der Waals surface area (Å²) in [6, 6.07) is 10.3. The van der Waals surface area contributed by atoms with Crippen LogP contribution >= 0.6 is 0 Å². The number of amides is 4. The van der Waals surface area contributed by atoms with E-state index < -0.39 is 146 Å². The van der Waals surface area contributed by atoms with Crippen molar-refractivity contribution in [2.24, 2.45) is 35.5 Å². The van der Waals surface area contributed by atoms with Gasteiger partial charge in [0.1, 0.15) is 59.3 Å².